The van der Waals surface area contributed by atoms with Gasteiger partial charge < -0.3 is 4.74 Å². The third-order valence-electron chi connectivity index (χ3n) is 4.35. The van der Waals surface area contributed by atoms with Crippen LogP contribution in [0.4, 0.5) is 9.52 Å². The first-order chi connectivity index (χ1) is 12.9. The molecule has 3 heterocycles. The lowest BCUT2D eigenvalue weighted by Crippen LogP contribution is -2.43. The molecule has 0 atom stereocenters. The van der Waals surface area contributed by atoms with Crippen molar-refractivity contribution in [2.75, 3.05) is 18.5 Å². The first kappa shape index (κ1) is 17.7. The van der Waals surface area contributed by atoms with Crippen molar-refractivity contribution in [3.05, 3.63) is 46.9 Å². The standard InChI is InChI=1S/C18H18FN5O2S/c1-11-15(12-3-5-13(19)6-4-12)20-17(27-11)21-16(25)14-7-24(23-22-14)8-18(2)9-26-10-18/h3-7H,8-10H2,1-2H3,(H,20,21,25). The summed E-state index contributed by atoms with van der Waals surface area (Å²) in [5, 5.41) is 11.2. The largest absolute Gasteiger partial charge is 0.380 e. The lowest BCUT2D eigenvalue weighted by Gasteiger charge is -2.37. The van der Waals surface area contributed by atoms with Crippen LogP contribution in [-0.4, -0.2) is 39.1 Å². The summed E-state index contributed by atoms with van der Waals surface area (Å²) in [6, 6.07) is 6.11. The predicted octanol–water partition coefficient (Wildman–Crippen LogP) is 3.14. The molecule has 1 N–H and O–H groups in total. The van der Waals surface area contributed by atoms with E-state index in [1.54, 1.807) is 23.0 Å². The SMILES string of the molecule is Cc1sc(NC(=O)c2cn(CC3(C)COC3)nn2)nc1-c1ccc(F)cc1. The number of benzene rings is 1. The molecule has 0 bridgehead atoms. The van der Waals surface area contributed by atoms with Gasteiger partial charge in [-0.25, -0.2) is 9.37 Å². The molecule has 0 radical (unpaired) electrons. The minimum Gasteiger partial charge on any atom is -0.380 e. The summed E-state index contributed by atoms with van der Waals surface area (Å²) in [5.41, 5.74) is 1.79. The first-order valence-electron chi connectivity index (χ1n) is 8.44. The monoisotopic (exact) mass is 387 g/mol. The van der Waals surface area contributed by atoms with Crippen LogP contribution in [0.2, 0.25) is 0 Å². The third kappa shape index (κ3) is 3.74. The number of rotatable bonds is 5. The number of aryl methyl sites for hydroxylation is 1. The van der Waals surface area contributed by atoms with Crippen LogP contribution < -0.4 is 5.32 Å². The van der Waals surface area contributed by atoms with Crippen LogP contribution in [0, 0.1) is 18.2 Å². The van der Waals surface area contributed by atoms with Crippen molar-refractivity contribution in [1.82, 2.24) is 20.0 Å². The summed E-state index contributed by atoms with van der Waals surface area (Å²) < 4.78 is 20.0. The van der Waals surface area contributed by atoms with Crippen molar-refractivity contribution in [2.24, 2.45) is 5.41 Å². The topological polar surface area (TPSA) is 81.9 Å². The highest BCUT2D eigenvalue weighted by Crippen LogP contribution is 2.31. The van der Waals surface area contributed by atoms with E-state index in [4.69, 9.17) is 4.74 Å². The van der Waals surface area contributed by atoms with Gasteiger partial charge >= 0.3 is 0 Å². The Morgan fingerprint density at radius 2 is 2.11 bits per heavy atom. The summed E-state index contributed by atoms with van der Waals surface area (Å²) in [5.74, 6) is -0.666. The molecule has 2 aromatic heterocycles. The maximum atomic E-state index is 13.1. The summed E-state index contributed by atoms with van der Waals surface area (Å²) in [4.78, 5) is 17.8. The molecule has 1 aromatic carbocycles. The van der Waals surface area contributed by atoms with E-state index in [1.807, 2.05) is 6.92 Å². The zero-order valence-electron chi connectivity index (χ0n) is 14.9. The van der Waals surface area contributed by atoms with E-state index in [2.05, 4.69) is 27.5 Å². The van der Waals surface area contributed by atoms with Gasteiger partial charge in [-0.3, -0.25) is 14.8 Å². The average Bonchev–Trinajstić information content (AvgIpc) is 3.21. The number of nitrogens with zero attached hydrogens (tertiary/aromatic N) is 4. The van der Waals surface area contributed by atoms with E-state index in [0.717, 1.165) is 16.1 Å². The predicted molar refractivity (Wildman–Crippen MR) is 99.1 cm³/mol. The zero-order valence-corrected chi connectivity index (χ0v) is 15.7. The van der Waals surface area contributed by atoms with Gasteiger partial charge in [-0.05, 0) is 31.2 Å². The molecule has 1 fully saturated rings. The number of anilines is 1. The Bertz CT molecular complexity index is 978. The summed E-state index contributed by atoms with van der Waals surface area (Å²) >= 11 is 1.36. The molecule has 4 rings (SSSR count). The fraction of sp³-hybridized carbons (Fsp3) is 0.333. The van der Waals surface area contributed by atoms with Crippen LogP contribution in [0.5, 0.6) is 0 Å². The van der Waals surface area contributed by atoms with Gasteiger partial charge in [0, 0.05) is 15.9 Å². The molecular formula is C18H18FN5O2S. The molecule has 27 heavy (non-hydrogen) atoms. The Balaban J connectivity index is 1.46. The highest BCUT2D eigenvalue weighted by molar-refractivity contribution is 7.16. The Morgan fingerprint density at radius 1 is 1.37 bits per heavy atom. The zero-order chi connectivity index (χ0) is 19.0. The van der Waals surface area contributed by atoms with Gasteiger partial charge in [0.05, 0.1) is 31.6 Å². The van der Waals surface area contributed by atoms with E-state index in [9.17, 15) is 9.18 Å². The van der Waals surface area contributed by atoms with Crippen LogP contribution in [-0.2, 0) is 11.3 Å². The summed E-state index contributed by atoms with van der Waals surface area (Å²) in [7, 11) is 0. The minimum atomic E-state index is -0.365. The highest BCUT2D eigenvalue weighted by atomic mass is 32.1. The molecule has 0 spiro atoms. The van der Waals surface area contributed by atoms with Gasteiger partial charge in [-0.15, -0.1) is 16.4 Å². The molecule has 1 saturated heterocycles. The Morgan fingerprint density at radius 3 is 2.78 bits per heavy atom. The van der Waals surface area contributed by atoms with Gasteiger partial charge in [0.25, 0.3) is 5.91 Å². The highest BCUT2D eigenvalue weighted by Gasteiger charge is 2.34. The number of carbonyl (C=O) groups excluding carboxylic acids is 1. The van der Waals surface area contributed by atoms with E-state index < -0.39 is 0 Å². The van der Waals surface area contributed by atoms with Gasteiger partial charge in [-0.1, -0.05) is 12.1 Å². The second-order valence-corrected chi connectivity index (χ2v) is 8.19. The number of thiazole rings is 1. The normalized spacial score (nSPS) is 15.4. The van der Waals surface area contributed by atoms with Crippen molar-refractivity contribution in [2.45, 2.75) is 20.4 Å². The second kappa shape index (κ2) is 6.82. The van der Waals surface area contributed by atoms with Crippen LogP contribution in [0.3, 0.4) is 0 Å². The lowest BCUT2D eigenvalue weighted by atomic mass is 9.89. The molecule has 9 heteroatoms. The van der Waals surface area contributed by atoms with Crippen molar-refractivity contribution < 1.29 is 13.9 Å². The van der Waals surface area contributed by atoms with Gasteiger partial charge in [0.2, 0.25) is 0 Å². The average molecular weight is 387 g/mol. The smallest absolute Gasteiger partial charge is 0.279 e. The number of amides is 1. The molecule has 1 aliphatic rings. The summed E-state index contributed by atoms with van der Waals surface area (Å²) in [6.45, 7) is 6.02. The van der Waals surface area contributed by atoms with Crippen molar-refractivity contribution in [1.29, 1.82) is 0 Å². The van der Waals surface area contributed by atoms with E-state index in [1.165, 1.54) is 23.5 Å². The molecule has 7 nitrogen and oxygen atoms in total. The molecule has 3 aromatic rings. The second-order valence-electron chi connectivity index (χ2n) is 6.99. The maximum Gasteiger partial charge on any atom is 0.279 e. The van der Waals surface area contributed by atoms with E-state index in [-0.39, 0.29) is 22.8 Å². The third-order valence-corrected chi connectivity index (χ3v) is 5.24. The van der Waals surface area contributed by atoms with Gasteiger partial charge in [0.1, 0.15) is 5.82 Å². The van der Waals surface area contributed by atoms with E-state index in [0.29, 0.717) is 24.9 Å². The van der Waals surface area contributed by atoms with Gasteiger partial charge in [0.15, 0.2) is 10.8 Å². The number of carbonyl (C=O) groups is 1. The molecule has 140 valence electrons. The fourth-order valence-electron chi connectivity index (χ4n) is 2.90. The number of ether oxygens (including phenoxy) is 1. The molecule has 1 amide bonds. The minimum absolute atomic E-state index is 0.0396. The van der Waals surface area contributed by atoms with Crippen LogP contribution in [0.1, 0.15) is 22.3 Å². The number of nitrogens with one attached hydrogen (secondary N) is 1. The number of hydrogen-bond acceptors (Lipinski definition) is 6. The van der Waals surface area contributed by atoms with Gasteiger partial charge in [-0.2, -0.15) is 0 Å². The quantitative estimate of drug-likeness (QED) is 0.727. The Labute approximate surface area is 159 Å². The summed E-state index contributed by atoms with van der Waals surface area (Å²) in [6.07, 6.45) is 1.63. The van der Waals surface area contributed by atoms with Crippen LogP contribution in [0.15, 0.2) is 30.5 Å². The van der Waals surface area contributed by atoms with Crippen molar-refractivity contribution in [3.8, 4) is 11.3 Å². The molecule has 0 unspecified atom stereocenters. The van der Waals surface area contributed by atoms with E-state index >= 15 is 0 Å². The first-order valence-corrected chi connectivity index (χ1v) is 9.26. The number of aromatic nitrogens is 4. The van der Waals surface area contributed by atoms with Crippen molar-refractivity contribution in [3.63, 3.8) is 0 Å². The molecule has 1 aliphatic heterocycles. The molecule has 0 saturated carbocycles. The number of halogens is 1. The van der Waals surface area contributed by atoms with Crippen LogP contribution >= 0.6 is 11.3 Å². The lowest BCUT2D eigenvalue weighted by molar-refractivity contribution is -0.111. The Kier molecular flexibility index (Phi) is 4.48. The number of hydrogen-bond donors (Lipinski definition) is 1. The fourth-order valence-corrected chi connectivity index (χ4v) is 3.73. The van der Waals surface area contributed by atoms with Crippen LogP contribution in [0.25, 0.3) is 11.3 Å². The maximum absolute atomic E-state index is 13.1. The molecule has 0 aliphatic carbocycles. The molecular weight excluding hydrogens is 369 g/mol. The van der Waals surface area contributed by atoms with Crippen molar-refractivity contribution >= 4 is 22.4 Å². The Hall–Kier alpha value is -2.65.